The van der Waals surface area contributed by atoms with E-state index in [9.17, 15) is 9.50 Å². The molecule has 0 fully saturated rings. The van der Waals surface area contributed by atoms with Crippen molar-refractivity contribution >= 4 is 11.6 Å². The molecule has 1 heterocycles. The minimum Gasteiger partial charge on any atom is -0.454 e. The highest BCUT2D eigenvalue weighted by molar-refractivity contribution is 6.30. The van der Waals surface area contributed by atoms with E-state index in [1.165, 1.54) is 18.2 Å². The Morgan fingerprint density at radius 2 is 1.85 bits per heavy atom. The second-order valence-corrected chi connectivity index (χ2v) is 6.09. The van der Waals surface area contributed by atoms with E-state index in [4.69, 9.17) is 21.4 Å². The van der Waals surface area contributed by atoms with Gasteiger partial charge in [0, 0.05) is 22.3 Å². The number of ether oxygens (including phenoxy) is 1. The van der Waals surface area contributed by atoms with Gasteiger partial charge in [0.1, 0.15) is 11.9 Å². The first kappa shape index (κ1) is 18.3. The van der Waals surface area contributed by atoms with Crippen LogP contribution in [0.3, 0.4) is 0 Å². The van der Waals surface area contributed by atoms with Crippen molar-refractivity contribution in [2.45, 2.75) is 13.0 Å². The van der Waals surface area contributed by atoms with E-state index in [1.807, 2.05) is 0 Å². The minimum atomic E-state index is -1.07. The molecule has 0 amide bonds. The Morgan fingerprint density at radius 3 is 2.54 bits per heavy atom. The van der Waals surface area contributed by atoms with Gasteiger partial charge in [0.15, 0.2) is 17.4 Å². The van der Waals surface area contributed by atoms with Crippen molar-refractivity contribution in [3.05, 3.63) is 70.8 Å². The maximum atomic E-state index is 13.7. The standard InChI is InChI=1S/C19H16ClFN2O3/c1-11-8-16(17(25)10-24)23-19(22-11)12-2-5-14(6-3-12)26-18-9-13(20)4-7-15(18)21/h2-9,17,24-25H,10H2,1H3. The third-order valence-electron chi connectivity index (χ3n) is 3.62. The Hall–Kier alpha value is -2.54. The van der Waals surface area contributed by atoms with Crippen LogP contribution < -0.4 is 4.74 Å². The Morgan fingerprint density at radius 1 is 1.12 bits per heavy atom. The van der Waals surface area contributed by atoms with Gasteiger partial charge in [-0.2, -0.15) is 0 Å². The third kappa shape index (κ3) is 4.16. The van der Waals surface area contributed by atoms with Crippen molar-refractivity contribution in [2.75, 3.05) is 6.61 Å². The molecule has 0 radical (unpaired) electrons. The Kier molecular flexibility index (Phi) is 5.46. The molecule has 0 aliphatic heterocycles. The van der Waals surface area contributed by atoms with Crippen molar-refractivity contribution in [2.24, 2.45) is 0 Å². The summed E-state index contributed by atoms with van der Waals surface area (Å²) in [4.78, 5) is 8.61. The molecule has 0 saturated carbocycles. The van der Waals surface area contributed by atoms with E-state index in [1.54, 1.807) is 37.3 Å². The summed E-state index contributed by atoms with van der Waals surface area (Å²) in [5.74, 6) is 0.361. The molecule has 0 aliphatic rings. The van der Waals surface area contributed by atoms with E-state index >= 15 is 0 Å². The quantitative estimate of drug-likeness (QED) is 0.704. The van der Waals surface area contributed by atoms with E-state index in [2.05, 4.69) is 9.97 Å². The van der Waals surface area contributed by atoms with Crippen LogP contribution in [0.25, 0.3) is 11.4 Å². The van der Waals surface area contributed by atoms with E-state index in [-0.39, 0.29) is 5.75 Å². The molecule has 0 spiro atoms. The summed E-state index contributed by atoms with van der Waals surface area (Å²) < 4.78 is 19.3. The summed E-state index contributed by atoms with van der Waals surface area (Å²) in [5, 5.41) is 19.2. The summed E-state index contributed by atoms with van der Waals surface area (Å²) in [7, 11) is 0. The van der Waals surface area contributed by atoms with Gasteiger partial charge in [-0.25, -0.2) is 14.4 Å². The largest absolute Gasteiger partial charge is 0.454 e. The van der Waals surface area contributed by atoms with Gasteiger partial charge in [0.05, 0.1) is 12.3 Å². The summed E-state index contributed by atoms with van der Waals surface area (Å²) in [6.45, 7) is 1.35. The second kappa shape index (κ2) is 7.78. The third-order valence-corrected chi connectivity index (χ3v) is 3.86. The van der Waals surface area contributed by atoms with Crippen molar-refractivity contribution in [1.29, 1.82) is 0 Å². The number of rotatable bonds is 5. The van der Waals surface area contributed by atoms with Gasteiger partial charge in [-0.1, -0.05) is 11.6 Å². The van der Waals surface area contributed by atoms with Crippen LogP contribution in [-0.2, 0) is 0 Å². The molecule has 3 aromatic rings. The van der Waals surface area contributed by atoms with E-state index in [0.29, 0.717) is 33.5 Å². The van der Waals surface area contributed by atoms with E-state index in [0.717, 1.165) is 0 Å². The van der Waals surface area contributed by atoms with Crippen LogP contribution in [0.1, 0.15) is 17.5 Å². The second-order valence-electron chi connectivity index (χ2n) is 5.66. The van der Waals surface area contributed by atoms with Crippen LogP contribution in [0.4, 0.5) is 4.39 Å². The molecule has 3 rings (SSSR count). The minimum absolute atomic E-state index is 0.0328. The number of nitrogens with zero attached hydrogens (tertiary/aromatic N) is 2. The zero-order chi connectivity index (χ0) is 18.7. The topological polar surface area (TPSA) is 75.5 Å². The van der Waals surface area contributed by atoms with Gasteiger partial charge in [0.2, 0.25) is 0 Å². The van der Waals surface area contributed by atoms with Crippen LogP contribution >= 0.6 is 11.6 Å². The van der Waals surface area contributed by atoms with Crippen molar-refractivity contribution in [3.8, 4) is 22.9 Å². The average molecular weight is 375 g/mol. The molecule has 0 aliphatic carbocycles. The van der Waals surface area contributed by atoms with Crippen LogP contribution in [0.2, 0.25) is 5.02 Å². The van der Waals surface area contributed by atoms with Crippen molar-refractivity contribution < 1.29 is 19.3 Å². The predicted molar refractivity (Wildman–Crippen MR) is 95.7 cm³/mol. The molecule has 5 nitrogen and oxygen atoms in total. The number of aryl methyl sites for hydroxylation is 1. The summed E-state index contributed by atoms with van der Waals surface area (Å²) in [5.41, 5.74) is 1.70. The summed E-state index contributed by atoms with van der Waals surface area (Å²) in [6.07, 6.45) is -1.07. The first-order chi connectivity index (χ1) is 12.5. The van der Waals surface area contributed by atoms with Gasteiger partial charge in [-0.3, -0.25) is 0 Å². The number of hydrogen-bond donors (Lipinski definition) is 2. The molecule has 2 aromatic carbocycles. The maximum absolute atomic E-state index is 13.7. The number of aliphatic hydroxyl groups excluding tert-OH is 2. The van der Waals surface area contributed by atoms with Gasteiger partial charge >= 0.3 is 0 Å². The zero-order valence-corrected chi connectivity index (χ0v) is 14.6. The van der Waals surface area contributed by atoms with Gasteiger partial charge in [-0.15, -0.1) is 0 Å². The molecule has 1 aromatic heterocycles. The molecule has 1 atom stereocenters. The average Bonchev–Trinajstić information content (AvgIpc) is 2.64. The predicted octanol–water partition coefficient (Wildman–Crippen LogP) is 4.06. The molecule has 26 heavy (non-hydrogen) atoms. The van der Waals surface area contributed by atoms with Gasteiger partial charge in [0.25, 0.3) is 0 Å². The molecule has 1 unspecified atom stereocenters. The maximum Gasteiger partial charge on any atom is 0.165 e. The highest BCUT2D eigenvalue weighted by Crippen LogP contribution is 2.29. The number of aliphatic hydroxyl groups is 2. The normalized spacial score (nSPS) is 12.0. The lowest BCUT2D eigenvalue weighted by molar-refractivity contribution is 0.0922. The molecule has 2 N–H and O–H groups in total. The van der Waals surface area contributed by atoms with Crippen LogP contribution in [0, 0.1) is 12.7 Å². The van der Waals surface area contributed by atoms with Crippen molar-refractivity contribution in [3.63, 3.8) is 0 Å². The first-order valence-corrected chi connectivity index (χ1v) is 8.22. The number of hydrogen-bond acceptors (Lipinski definition) is 5. The molecule has 0 saturated heterocycles. The molecule has 0 bridgehead atoms. The first-order valence-electron chi connectivity index (χ1n) is 7.84. The lowest BCUT2D eigenvalue weighted by Gasteiger charge is -2.11. The number of benzene rings is 2. The Bertz CT molecular complexity index is 919. The monoisotopic (exact) mass is 374 g/mol. The zero-order valence-electron chi connectivity index (χ0n) is 13.9. The molecular formula is C19H16ClFN2O3. The molecule has 7 heteroatoms. The Balaban J connectivity index is 1.86. The fourth-order valence-corrected chi connectivity index (χ4v) is 2.50. The van der Waals surface area contributed by atoms with Crippen LogP contribution in [0.5, 0.6) is 11.5 Å². The van der Waals surface area contributed by atoms with Gasteiger partial charge < -0.3 is 14.9 Å². The van der Waals surface area contributed by atoms with Gasteiger partial charge in [-0.05, 0) is 49.4 Å². The van der Waals surface area contributed by atoms with Crippen LogP contribution in [-0.4, -0.2) is 26.8 Å². The highest BCUT2D eigenvalue weighted by Gasteiger charge is 2.12. The molecule has 134 valence electrons. The van der Waals surface area contributed by atoms with Crippen molar-refractivity contribution in [1.82, 2.24) is 9.97 Å². The summed E-state index contributed by atoms with van der Waals surface area (Å²) in [6, 6.07) is 12.5. The number of halogens is 2. The number of aromatic nitrogens is 2. The Labute approximate surface area is 154 Å². The highest BCUT2D eigenvalue weighted by atomic mass is 35.5. The van der Waals surface area contributed by atoms with Crippen LogP contribution in [0.15, 0.2) is 48.5 Å². The lowest BCUT2D eigenvalue weighted by Crippen LogP contribution is -2.07. The SMILES string of the molecule is Cc1cc(C(O)CO)nc(-c2ccc(Oc3cc(Cl)ccc3F)cc2)n1. The smallest absolute Gasteiger partial charge is 0.165 e. The summed E-state index contributed by atoms with van der Waals surface area (Å²) >= 11 is 5.85. The fraction of sp³-hybridized carbons (Fsp3) is 0.158. The fourth-order valence-electron chi connectivity index (χ4n) is 2.34. The lowest BCUT2D eigenvalue weighted by atomic mass is 10.1. The van der Waals surface area contributed by atoms with E-state index < -0.39 is 18.5 Å². The molecular weight excluding hydrogens is 359 g/mol.